The molecule has 1 aromatic carbocycles. The molecule has 0 unspecified atom stereocenters. The Morgan fingerprint density at radius 2 is 1.69 bits per heavy atom. The number of rotatable bonds is 3. The van der Waals surface area contributed by atoms with Crippen LogP contribution in [0.1, 0.15) is 45.6 Å². The predicted molar refractivity (Wildman–Crippen MR) is 98.3 cm³/mol. The molecule has 3 rings (SSSR count). The second kappa shape index (κ2) is 6.74. The molecule has 0 aromatic heterocycles. The molecule has 0 radical (unpaired) electrons. The van der Waals surface area contributed by atoms with Gasteiger partial charge in [0.15, 0.2) is 5.54 Å². The fourth-order valence-electron chi connectivity index (χ4n) is 3.92. The summed E-state index contributed by atoms with van der Waals surface area (Å²) in [4.78, 5) is 41.5. The first kappa shape index (κ1) is 18.4. The minimum absolute atomic E-state index is 0.161. The Morgan fingerprint density at radius 3 is 2.27 bits per heavy atom. The van der Waals surface area contributed by atoms with E-state index in [-0.39, 0.29) is 18.4 Å². The van der Waals surface area contributed by atoms with Crippen molar-refractivity contribution in [2.75, 3.05) is 19.6 Å². The number of piperidine rings is 1. The van der Waals surface area contributed by atoms with Crippen LogP contribution in [0.25, 0.3) is 0 Å². The molecule has 4 amide bonds. The summed E-state index contributed by atoms with van der Waals surface area (Å²) in [6.07, 6.45) is 3.07. The number of carbonyl (C=O) groups excluding carboxylic acids is 3. The minimum Gasteiger partial charge on any atom is -0.341 e. The summed E-state index contributed by atoms with van der Waals surface area (Å²) in [5, 5.41) is 2.90. The van der Waals surface area contributed by atoms with Crippen LogP contribution in [-0.2, 0) is 15.1 Å². The van der Waals surface area contributed by atoms with E-state index in [9.17, 15) is 14.4 Å². The number of likely N-dealkylation sites (tertiary alicyclic amines) is 1. The largest absolute Gasteiger partial charge is 0.341 e. The zero-order valence-corrected chi connectivity index (χ0v) is 15.7. The van der Waals surface area contributed by atoms with Crippen LogP contribution in [0.4, 0.5) is 4.79 Å². The SMILES string of the molecule is CC(C)(C)[C@]1(c2ccccc2)NC(=O)N(CC(=O)N2CCCCC2)C1=O. The van der Waals surface area contributed by atoms with Gasteiger partial charge in [0, 0.05) is 13.1 Å². The Balaban J connectivity index is 1.89. The number of carbonyl (C=O) groups is 3. The Morgan fingerprint density at radius 1 is 1.08 bits per heavy atom. The molecule has 26 heavy (non-hydrogen) atoms. The van der Waals surface area contributed by atoms with Crippen LogP contribution in [0, 0.1) is 5.41 Å². The summed E-state index contributed by atoms with van der Waals surface area (Å²) in [6.45, 7) is 6.98. The molecule has 2 saturated heterocycles. The highest BCUT2D eigenvalue weighted by atomic mass is 16.2. The third-order valence-corrected chi connectivity index (χ3v) is 5.44. The van der Waals surface area contributed by atoms with Gasteiger partial charge in [0.05, 0.1) is 0 Å². The van der Waals surface area contributed by atoms with Crippen LogP contribution in [-0.4, -0.2) is 47.3 Å². The second-order valence-corrected chi connectivity index (χ2v) is 8.13. The smallest absolute Gasteiger partial charge is 0.325 e. The summed E-state index contributed by atoms with van der Waals surface area (Å²) in [6, 6.07) is 8.77. The third-order valence-electron chi connectivity index (χ3n) is 5.44. The molecule has 2 heterocycles. The first-order chi connectivity index (χ1) is 12.3. The molecule has 140 valence electrons. The molecule has 2 aliphatic heterocycles. The summed E-state index contributed by atoms with van der Waals surface area (Å²) < 4.78 is 0. The van der Waals surface area contributed by atoms with E-state index in [0.29, 0.717) is 13.1 Å². The normalized spacial score (nSPS) is 24.0. The summed E-state index contributed by atoms with van der Waals surface area (Å²) in [7, 11) is 0. The van der Waals surface area contributed by atoms with Crippen molar-refractivity contribution >= 4 is 17.8 Å². The molecule has 6 nitrogen and oxygen atoms in total. The lowest BCUT2D eigenvalue weighted by molar-refractivity contribution is -0.141. The topological polar surface area (TPSA) is 69.7 Å². The van der Waals surface area contributed by atoms with Crippen LogP contribution in [0.15, 0.2) is 30.3 Å². The summed E-state index contributed by atoms with van der Waals surface area (Å²) in [5.74, 6) is -0.516. The van der Waals surface area contributed by atoms with Gasteiger partial charge in [-0.1, -0.05) is 51.1 Å². The van der Waals surface area contributed by atoms with E-state index in [1.165, 1.54) is 0 Å². The monoisotopic (exact) mass is 357 g/mol. The zero-order valence-electron chi connectivity index (χ0n) is 15.7. The highest BCUT2D eigenvalue weighted by Gasteiger charge is 2.59. The molecule has 0 spiro atoms. The Bertz CT molecular complexity index is 705. The maximum Gasteiger partial charge on any atom is 0.325 e. The van der Waals surface area contributed by atoms with Crippen molar-refractivity contribution in [3.8, 4) is 0 Å². The number of amides is 4. The van der Waals surface area contributed by atoms with Crippen LogP contribution < -0.4 is 5.32 Å². The molecule has 1 aromatic rings. The molecule has 1 atom stereocenters. The van der Waals surface area contributed by atoms with E-state index < -0.39 is 17.0 Å². The van der Waals surface area contributed by atoms with Crippen molar-refractivity contribution in [1.29, 1.82) is 0 Å². The van der Waals surface area contributed by atoms with Crippen molar-refractivity contribution in [2.24, 2.45) is 5.41 Å². The first-order valence-corrected chi connectivity index (χ1v) is 9.25. The lowest BCUT2D eigenvalue weighted by atomic mass is 9.69. The van der Waals surface area contributed by atoms with E-state index in [4.69, 9.17) is 0 Å². The van der Waals surface area contributed by atoms with Crippen LogP contribution in [0.3, 0.4) is 0 Å². The Kier molecular flexibility index (Phi) is 4.78. The molecule has 0 saturated carbocycles. The van der Waals surface area contributed by atoms with Gasteiger partial charge in [-0.15, -0.1) is 0 Å². The van der Waals surface area contributed by atoms with Gasteiger partial charge < -0.3 is 10.2 Å². The maximum absolute atomic E-state index is 13.4. The van der Waals surface area contributed by atoms with Crippen LogP contribution in [0.5, 0.6) is 0 Å². The highest BCUT2D eigenvalue weighted by molar-refractivity contribution is 6.09. The number of benzene rings is 1. The number of nitrogens with zero attached hydrogens (tertiary/aromatic N) is 2. The summed E-state index contributed by atoms with van der Waals surface area (Å²) in [5.41, 5.74) is -0.990. The van der Waals surface area contributed by atoms with E-state index >= 15 is 0 Å². The van der Waals surface area contributed by atoms with Gasteiger partial charge in [-0.25, -0.2) is 4.79 Å². The molecular weight excluding hydrogens is 330 g/mol. The van der Waals surface area contributed by atoms with Gasteiger partial charge in [0.25, 0.3) is 5.91 Å². The van der Waals surface area contributed by atoms with E-state index in [2.05, 4.69) is 5.32 Å². The minimum atomic E-state index is -1.17. The lowest BCUT2D eigenvalue weighted by Gasteiger charge is -2.39. The van der Waals surface area contributed by atoms with Crippen LogP contribution in [0.2, 0.25) is 0 Å². The molecule has 0 bridgehead atoms. The third kappa shape index (κ3) is 2.97. The van der Waals surface area contributed by atoms with Gasteiger partial charge in [-0.05, 0) is 30.2 Å². The quantitative estimate of drug-likeness (QED) is 0.845. The van der Waals surface area contributed by atoms with E-state index in [1.807, 2.05) is 51.1 Å². The number of urea groups is 1. The number of hydrogen-bond acceptors (Lipinski definition) is 3. The molecule has 0 aliphatic carbocycles. The summed E-state index contributed by atoms with van der Waals surface area (Å²) >= 11 is 0. The predicted octanol–water partition coefficient (Wildman–Crippen LogP) is 2.49. The van der Waals surface area contributed by atoms with Gasteiger partial charge in [-0.3, -0.25) is 14.5 Å². The van der Waals surface area contributed by atoms with Gasteiger partial charge in [0.1, 0.15) is 6.54 Å². The van der Waals surface area contributed by atoms with Crippen molar-refractivity contribution in [2.45, 2.75) is 45.6 Å². The Hall–Kier alpha value is -2.37. The number of imide groups is 1. The van der Waals surface area contributed by atoms with Gasteiger partial charge in [0.2, 0.25) is 5.91 Å². The van der Waals surface area contributed by atoms with Crippen LogP contribution >= 0.6 is 0 Å². The molecule has 2 fully saturated rings. The van der Waals surface area contributed by atoms with Gasteiger partial charge in [-0.2, -0.15) is 0 Å². The number of hydrogen-bond donors (Lipinski definition) is 1. The average molecular weight is 357 g/mol. The van der Waals surface area contributed by atoms with Crippen molar-refractivity contribution in [3.63, 3.8) is 0 Å². The standard InChI is InChI=1S/C20H27N3O3/c1-19(2,3)20(15-10-6-4-7-11-15)17(25)23(18(26)21-20)14-16(24)22-12-8-5-9-13-22/h4,6-7,10-11H,5,8-9,12-14H2,1-3H3,(H,21,26)/t20-/m1/s1. The maximum atomic E-state index is 13.4. The lowest BCUT2D eigenvalue weighted by Crippen LogP contribution is -2.54. The van der Waals surface area contributed by atoms with Gasteiger partial charge >= 0.3 is 6.03 Å². The Labute approximate surface area is 154 Å². The second-order valence-electron chi connectivity index (χ2n) is 8.13. The van der Waals surface area contributed by atoms with E-state index in [1.54, 1.807) is 4.90 Å². The molecule has 6 heteroatoms. The zero-order chi connectivity index (χ0) is 18.9. The van der Waals surface area contributed by atoms with Crippen molar-refractivity contribution in [3.05, 3.63) is 35.9 Å². The van der Waals surface area contributed by atoms with Crippen molar-refractivity contribution in [1.82, 2.24) is 15.1 Å². The fourth-order valence-corrected chi connectivity index (χ4v) is 3.92. The van der Waals surface area contributed by atoms with Crippen molar-refractivity contribution < 1.29 is 14.4 Å². The highest BCUT2D eigenvalue weighted by Crippen LogP contribution is 2.43. The first-order valence-electron chi connectivity index (χ1n) is 9.25. The molecular formula is C20H27N3O3. The average Bonchev–Trinajstić information content (AvgIpc) is 2.88. The number of nitrogens with one attached hydrogen (secondary N) is 1. The molecule has 2 aliphatic rings. The van der Waals surface area contributed by atoms with E-state index in [0.717, 1.165) is 29.7 Å². The molecule has 1 N–H and O–H groups in total. The fraction of sp³-hybridized carbons (Fsp3) is 0.550.